The Balaban J connectivity index is 2.03. The number of carbonyl (C=O) groups is 1. The van der Waals surface area contributed by atoms with E-state index in [4.69, 9.17) is 14.2 Å². The van der Waals surface area contributed by atoms with Gasteiger partial charge in [0.05, 0.1) is 32.7 Å². The van der Waals surface area contributed by atoms with Gasteiger partial charge in [-0.1, -0.05) is 13.0 Å². The van der Waals surface area contributed by atoms with E-state index in [0.717, 1.165) is 11.3 Å². The largest absolute Gasteiger partial charge is 0.497 e. The Morgan fingerprint density at radius 2 is 1.79 bits per heavy atom. The highest BCUT2D eigenvalue weighted by atomic mass is 16.5. The van der Waals surface area contributed by atoms with Crippen LogP contribution in [-0.2, 0) is 6.42 Å². The third kappa shape index (κ3) is 3.78. The van der Waals surface area contributed by atoms with Crippen LogP contribution in [0.1, 0.15) is 23.0 Å². The zero-order chi connectivity index (χ0) is 20.1. The van der Waals surface area contributed by atoms with Crippen LogP contribution in [-0.4, -0.2) is 37.4 Å². The van der Waals surface area contributed by atoms with Crippen molar-refractivity contribution in [1.29, 1.82) is 0 Å². The van der Waals surface area contributed by atoms with Crippen LogP contribution in [0.4, 0.5) is 5.69 Å². The van der Waals surface area contributed by atoms with Crippen LogP contribution in [0.3, 0.4) is 0 Å². The highest BCUT2D eigenvalue weighted by Gasteiger charge is 2.20. The summed E-state index contributed by atoms with van der Waals surface area (Å²) in [6.45, 7) is 1.99. The first kappa shape index (κ1) is 19.3. The van der Waals surface area contributed by atoms with Crippen molar-refractivity contribution in [1.82, 2.24) is 10.2 Å². The number of hydrogen-bond donors (Lipinski definition) is 2. The molecule has 3 aromatic rings. The zero-order valence-corrected chi connectivity index (χ0v) is 16.3. The summed E-state index contributed by atoms with van der Waals surface area (Å²) < 4.78 is 16.0. The minimum atomic E-state index is -0.252. The number of nitrogens with one attached hydrogen (secondary N) is 2. The number of aryl methyl sites for hydroxylation is 1. The molecular weight excluding hydrogens is 358 g/mol. The average Bonchev–Trinajstić information content (AvgIpc) is 3.15. The molecule has 0 unspecified atom stereocenters. The number of nitrogens with zero attached hydrogens (tertiary/aromatic N) is 1. The Labute approximate surface area is 163 Å². The highest BCUT2D eigenvalue weighted by Crippen LogP contribution is 2.38. The van der Waals surface area contributed by atoms with E-state index in [1.54, 1.807) is 45.6 Å². The van der Waals surface area contributed by atoms with Crippen LogP contribution in [0, 0.1) is 0 Å². The molecule has 1 heterocycles. The molecule has 7 heteroatoms. The van der Waals surface area contributed by atoms with Gasteiger partial charge in [0.15, 0.2) is 0 Å². The minimum Gasteiger partial charge on any atom is -0.497 e. The first-order valence-electron chi connectivity index (χ1n) is 8.86. The van der Waals surface area contributed by atoms with Crippen molar-refractivity contribution in [3.05, 3.63) is 53.7 Å². The summed E-state index contributed by atoms with van der Waals surface area (Å²) in [6.07, 6.45) is 0.674. The molecule has 0 aliphatic carbocycles. The van der Waals surface area contributed by atoms with Crippen molar-refractivity contribution in [2.24, 2.45) is 0 Å². The summed E-state index contributed by atoms with van der Waals surface area (Å²) in [7, 11) is 4.75. The molecule has 1 amide bonds. The zero-order valence-electron chi connectivity index (χ0n) is 16.3. The summed E-state index contributed by atoms with van der Waals surface area (Å²) in [5.74, 6) is 1.66. The number of methoxy groups -OCH3 is 3. The third-order valence-corrected chi connectivity index (χ3v) is 4.43. The second-order valence-electron chi connectivity index (χ2n) is 6.03. The molecule has 0 aliphatic rings. The van der Waals surface area contributed by atoms with Gasteiger partial charge in [-0.05, 0) is 42.8 Å². The quantitative estimate of drug-likeness (QED) is 0.648. The molecule has 28 heavy (non-hydrogen) atoms. The Morgan fingerprint density at radius 3 is 2.46 bits per heavy atom. The molecule has 0 aliphatic heterocycles. The fraction of sp³-hybridized carbons (Fsp3) is 0.238. The Hall–Kier alpha value is -3.48. The first-order valence-corrected chi connectivity index (χ1v) is 8.86. The van der Waals surface area contributed by atoms with E-state index in [-0.39, 0.29) is 5.91 Å². The number of H-pyrrole nitrogens is 1. The van der Waals surface area contributed by atoms with Crippen molar-refractivity contribution >= 4 is 11.6 Å². The van der Waals surface area contributed by atoms with Crippen LogP contribution >= 0.6 is 0 Å². The molecule has 0 bridgehead atoms. The smallest absolute Gasteiger partial charge is 0.255 e. The normalized spacial score (nSPS) is 10.4. The molecule has 2 aromatic carbocycles. The second kappa shape index (κ2) is 8.47. The maximum absolute atomic E-state index is 12.8. The average molecular weight is 381 g/mol. The lowest BCUT2D eigenvalue weighted by atomic mass is 10.1. The predicted octanol–water partition coefficient (Wildman–Crippen LogP) is 3.92. The summed E-state index contributed by atoms with van der Waals surface area (Å²) >= 11 is 0. The van der Waals surface area contributed by atoms with Crippen LogP contribution in [0.25, 0.3) is 11.3 Å². The van der Waals surface area contributed by atoms with Crippen LogP contribution < -0.4 is 19.5 Å². The van der Waals surface area contributed by atoms with Gasteiger partial charge in [0.1, 0.15) is 22.9 Å². The topological polar surface area (TPSA) is 85.5 Å². The molecular formula is C21H23N3O4. The number of aromatic amines is 1. The summed E-state index contributed by atoms with van der Waals surface area (Å²) in [6, 6.07) is 12.4. The SMILES string of the molecule is CCc1[nH]nc(-c2cc(OC)ccc2OC)c1NC(=O)c1cccc(OC)c1. The number of anilines is 1. The number of benzene rings is 2. The molecule has 0 saturated heterocycles. The van der Waals surface area contributed by atoms with Crippen molar-refractivity contribution in [2.75, 3.05) is 26.6 Å². The molecule has 7 nitrogen and oxygen atoms in total. The van der Waals surface area contributed by atoms with E-state index < -0.39 is 0 Å². The summed E-state index contributed by atoms with van der Waals surface area (Å²) in [4.78, 5) is 12.8. The highest BCUT2D eigenvalue weighted by molar-refractivity contribution is 6.06. The molecule has 0 saturated carbocycles. The number of rotatable bonds is 7. The molecule has 0 spiro atoms. The van der Waals surface area contributed by atoms with Crippen molar-refractivity contribution in [2.45, 2.75) is 13.3 Å². The van der Waals surface area contributed by atoms with E-state index in [9.17, 15) is 4.79 Å². The van der Waals surface area contributed by atoms with E-state index in [1.807, 2.05) is 25.1 Å². The van der Waals surface area contributed by atoms with Gasteiger partial charge >= 0.3 is 0 Å². The van der Waals surface area contributed by atoms with Gasteiger partial charge in [-0.25, -0.2) is 0 Å². The van der Waals surface area contributed by atoms with Gasteiger partial charge in [0, 0.05) is 11.1 Å². The monoisotopic (exact) mass is 381 g/mol. The lowest BCUT2D eigenvalue weighted by Crippen LogP contribution is -2.13. The predicted molar refractivity (Wildman–Crippen MR) is 107 cm³/mol. The van der Waals surface area contributed by atoms with Crippen LogP contribution in [0.2, 0.25) is 0 Å². The molecule has 0 fully saturated rings. The van der Waals surface area contributed by atoms with Crippen molar-refractivity contribution < 1.29 is 19.0 Å². The third-order valence-electron chi connectivity index (χ3n) is 4.43. The van der Waals surface area contributed by atoms with Crippen LogP contribution in [0.15, 0.2) is 42.5 Å². The van der Waals surface area contributed by atoms with E-state index in [1.165, 1.54) is 0 Å². The molecule has 1 aromatic heterocycles. The molecule has 0 radical (unpaired) electrons. The first-order chi connectivity index (χ1) is 13.6. The maximum Gasteiger partial charge on any atom is 0.255 e. The number of amides is 1. The van der Waals surface area contributed by atoms with Gasteiger partial charge in [-0.3, -0.25) is 9.89 Å². The van der Waals surface area contributed by atoms with Crippen LogP contribution in [0.5, 0.6) is 17.2 Å². The van der Waals surface area contributed by atoms with E-state index >= 15 is 0 Å². The van der Waals surface area contributed by atoms with E-state index in [0.29, 0.717) is 40.6 Å². The summed E-state index contributed by atoms with van der Waals surface area (Å²) in [5.41, 5.74) is 3.23. The van der Waals surface area contributed by atoms with Gasteiger partial charge in [0.25, 0.3) is 5.91 Å². The molecule has 0 atom stereocenters. The molecule has 146 valence electrons. The van der Waals surface area contributed by atoms with Gasteiger partial charge in [-0.15, -0.1) is 0 Å². The van der Waals surface area contributed by atoms with Crippen molar-refractivity contribution in [3.8, 4) is 28.5 Å². The minimum absolute atomic E-state index is 0.252. The number of aromatic nitrogens is 2. The standard InChI is InChI=1S/C21H23N3O4/c1-5-17-20(22-21(25)13-7-6-8-14(11-13)26-2)19(24-23-17)16-12-15(27-3)9-10-18(16)28-4/h6-12H,5H2,1-4H3,(H,22,25)(H,23,24). The molecule has 3 rings (SSSR count). The maximum atomic E-state index is 12.8. The second-order valence-corrected chi connectivity index (χ2v) is 6.03. The number of hydrogen-bond acceptors (Lipinski definition) is 5. The van der Waals surface area contributed by atoms with E-state index in [2.05, 4.69) is 15.5 Å². The lowest BCUT2D eigenvalue weighted by molar-refractivity contribution is 0.102. The van der Waals surface area contributed by atoms with Gasteiger partial charge in [0.2, 0.25) is 0 Å². The summed E-state index contributed by atoms with van der Waals surface area (Å²) in [5, 5.41) is 10.4. The van der Waals surface area contributed by atoms with Crippen molar-refractivity contribution in [3.63, 3.8) is 0 Å². The Bertz CT molecular complexity index is 982. The number of ether oxygens (including phenoxy) is 3. The Morgan fingerprint density at radius 1 is 1.04 bits per heavy atom. The van der Waals surface area contributed by atoms with Gasteiger partial charge < -0.3 is 19.5 Å². The fourth-order valence-corrected chi connectivity index (χ4v) is 2.91. The number of carbonyl (C=O) groups excluding carboxylic acids is 1. The fourth-order valence-electron chi connectivity index (χ4n) is 2.91. The van der Waals surface area contributed by atoms with Gasteiger partial charge in [-0.2, -0.15) is 5.10 Å². The molecule has 2 N–H and O–H groups in total. The Kier molecular flexibility index (Phi) is 5.84. The lowest BCUT2D eigenvalue weighted by Gasteiger charge is -2.12.